The Hall–Kier alpha value is -3.93. The van der Waals surface area contributed by atoms with Crippen LogP contribution >= 0.6 is 11.6 Å². The second-order valence-corrected chi connectivity index (χ2v) is 9.02. The fourth-order valence-corrected chi connectivity index (χ4v) is 4.11. The summed E-state index contributed by atoms with van der Waals surface area (Å²) in [6.07, 6.45) is 0. The van der Waals surface area contributed by atoms with E-state index in [1.807, 2.05) is 0 Å². The van der Waals surface area contributed by atoms with Crippen molar-refractivity contribution in [2.75, 3.05) is 22.0 Å². The quantitative estimate of drug-likeness (QED) is 0.253. The molecule has 4 N–H and O–H groups in total. The standard InChI is InChI=1S/C24H23ClN6O4S/c1-14(26)24(32)27-15-6-5-7-16(12-15)31(36(33)34)23-22(28-19-8-3-4-9-20(19)30-23)29-21-13-17(35-2)10-11-18(21)25/h3-14,36H,26H2,1-2H3,(H,27,32)(H,28,29)/t14-/m0/s1. The van der Waals surface area contributed by atoms with Crippen LogP contribution in [0.4, 0.5) is 28.7 Å². The lowest BCUT2D eigenvalue weighted by molar-refractivity contribution is -0.117. The predicted octanol–water partition coefficient (Wildman–Crippen LogP) is 3.99. The summed E-state index contributed by atoms with van der Waals surface area (Å²) in [5.41, 5.74) is 7.71. The topological polar surface area (TPSA) is 140 Å². The lowest BCUT2D eigenvalue weighted by Gasteiger charge is -2.21. The third-order valence-electron chi connectivity index (χ3n) is 5.11. The normalized spacial score (nSPS) is 11.8. The fourth-order valence-electron chi connectivity index (χ4n) is 3.34. The van der Waals surface area contributed by atoms with Gasteiger partial charge in [0.25, 0.3) is 0 Å². The summed E-state index contributed by atoms with van der Waals surface area (Å²) in [5.74, 6) is 0.291. The third kappa shape index (κ3) is 5.48. The lowest BCUT2D eigenvalue weighted by atomic mass is 10.2. The minimum atomic E-state index is -3.23. The number of nitrogens with two attached hydrogens (primary N) is 1. The van der Waals surface area contributed by atoms with E-state index in [4.69, 9.17) is 22.1 Å². The first-order valence-electron chi connectivity index (χ1n) is 10.7. The number of benzene rings is 3. The average molecular weight is 527 g/mol. The number of amides is 1. The van der Waals surface area contributed by atoms with Crippen LogP contribution in [0, 0.1) is 0 Å². The van der Waals surface area contributed by atoms with Gasteiger partial charge in [-0.05, 0) is 49.4 Å². The molecule has 0 aliphatic rings. The number of thiol groups is 1. The number of rotatable bonds is 8. The van der Waals surface area contributed by atoms with E-state index in [0.717, 1.165) is 4.31 Å². The molecule has 1 heterocycles. The Labute approximate surface area is 214 Å². The summed E-state index contributed by atoms with van der Waals surface area (Å²) in [6.45, 7) is 1.55. The van der Waals surface area contributed by atoms with Gasteiger partial charge in [0.05, 0.1) is 40.6 Å². The van der Waals surface area contributed by atoms with Crippen molar-refractivity contribution in [3.05, 3.63) is 71.8 Å². The predicted molar refractivity (Wildman–Crippen MR) is 142 cm³/mol. The zero-order valence-electron chi connectivity index (χ0n) is 19.3. The molecule has 0 aliphatic heterocycles. The largest absolute Gasteiger partial charge is 0.497 e. The van der Waals surface area contributed by atoms with Crippen LogP contribution in [0.15, 0.2) is 66.7 Å². The summed E-state index contributed by atoms with van der Waals surface area (Å²) in [4.78, 5) is 21.3. The summed E-state index contributed by atoms with van der Waals surface area (Å²) >= 11 is 6.38. The molecule has 10 nitrogen and oxygen atoms in total. The molecule has 36 heavy (non-hydrogen) atoms. The van der Waals surface area contributed by atoms with Gasteiger partial charge in [-0.1, -0.05) is 29.8 Å². The van der Waals surface area contributed by atoms with Crippen LogP contribution in [0.5, 0.6) is 5.75 Å². The van der Waals surface area contributed by atoms with Crippen molar-refractivity contribution in [2.24, 2.45) is 5.73 Å². The first-order chi connectivity index (χ1) is 17.3. The second-order valence-electron chi connectivity index (χ2n) is 7.73. The lowest BCUT2D eigenvalue weighted by Crippen LogP contribution is -2.32. The van der Waals surface area contributed by atoms with Crippen molar-refractivity contribution < 1.29 is 17.9 Å². The van der Waals surface area contributed by atoms with Crippen LogP contribution in [0.3, 0.4) is 0 Å². The fraction of sp³-hybridized carbons (Fsp3) is 0.125. The van der Waals surface area contributed by atoms with Crippen molar-refractivity contribution in [3.8, 4) is 5.75 Å². The molecule has 0 bridgehead atoms. The molecule has 4 aromatic rings. The van der Waals surface area contributed by atoms with Gasteiger partial charge in [0.1, 0.15) is 5.75 Å². The number of fused-ring (bicyclic) bond motifs is 1. The summed E-state index contributed by atoms with van der Waals surface area (Å²) < 4.78 is 31.4. The molecular weight excluding hydrogens is 504 g/mol. The van der Waals surface area contributed by atoms with E-state index >= 15 is 0 Å². The molecule has 3 aromatic carbocycles. The van der Waals surface area contributed by atoms with Crippen molar-refractivity contribution >= 4 is 68.1 Å². The van der Waals surface area contributed by atoms with Gasteiger partial charge in [0, 0.05) is 11.8 Å². The van der Waals surface area contributed by atoms with E-state index in [0.29, 0.717) is 33.2 Å². The highest BCUT2D eigenvalue weighted by Gasteiger charge is 2.22. The molecule has 0 unspecified atom stereocenters. The zero-order chi connectivity index (χ0) is 25.8. The highest BCUT2D eigenvalue weighted by atomic mass is 35.5. The van der Waals surface area contributed by atoms with E-state index in [1.165, 1.54) is 13.2 Å². The Morgan fingerprint density at radius 1 is 1.06 bits per heavy atom. The number of para-hydroxylation sites is 2. The number of anilines is 5. The highest BCUT2D eigenvalue weighted by molar-refractivity contribution is 7.74. The van der Waals surface area contributed by atoms with Gasteiger partial charge in [0.2, 0.25) is 16.8 Å². The van der Waals surface area contributed by atoms with E-state index < -0.39 is 22.8 Å². The number of carbonyl (C=O) groups is 1. The van der Waals surface area contributed by atoms with Crippen molar-refractivity contribution in [3.63, 3.8) is 0 Å². The van der Waals surface area contributed by atoms with E-state index in [9.17, 15) is 13.2 Å². The Morgan fingerprint density at radius 3 is 2.44 bits per heavy atom. The number of ether oxygens (including phenoxy) is 1. The van der Waals surface area contributed by atoms with E-state index in [2.05, 4.69) is 20.6 Å². The minimum Gasteiger partial charge on any atom is -0.497 e. The van der Waals surface area contributed by atoms with Crippen LogP contribution in [-0.2, 0) is 15.7 Å². The Balaban J connectivity index is 1.86. The molecule has 1 aromatic heterocycles. The van der Waals surface area contributed by atoms with E-state index in [-0.39, 0.29) is 17.3 Å². The van der Waals surface area contributed by atoms with Crippen LogP contribution in [0.1, 0.15) is 6.92 Å². The average Bonchev–Trinajstić information content (AvgIpc) is 2.85. The smallest absolute Gasteiger partial charge is 0.240 e. The monoisotopic (exact) mass is 526 g/mol. The number of aromatic nitrogens is 2. The molecule has 0 spiro atoms. The van der Waals surface area contributed by atoms with Crippen LogP contribution in [0.25, 0.3) is 11.0 Å². The van der Waals surface area contributed by atoms with Gasteiger partial charge in [-0.15, -0.1) is 0 Å². The van der Waals surface area contributed by atoms with E-state index in [1.54, 1.807) is 67.6 Å². The van der Waals surface area contributed by atoms with Gasteiger partial charge in [-0.3, -0.25) is 4.79 Å². The number of nitrogens with zero attached hydrogens (tertiary/aromatic N) is 3. The first-order valence-corrected chi connectivity index (χ1v) is 12.3. The van der Waals surface area contributed by atoms with Gasteiger partial charge in [-0.2, -0.15) is 0 Å². The van der Waals surface area contributed by atoms with Gasteiger partial charge < -0.3 is 21.1 Å². The molecule has 1 amide bonds. The molecule has 0 saturated heterocycles. The van der Waals surface area contributed by atoms with Crippen molar-refractivity contribution in [2.45, 2.75) is 13.0 Å². The Kier molecular flexibility index (Phi) is 7.53. The molecular formula is C24H23ClN6O4S. The maximum absolute atomic E-state index is 12.6. The first kappa shape index (κ1) is 25.2. The van der Waals surface area contributed by atoms with Gasteiger partial charge in [-0.25, -0.2) is 22.7 Å². The molecule has 0 saturated carbocycles. The number of nitrogens with one attached hydrogen (secondary N) is 2. The maximum Gasteiger partial charge on any atom is 0.240 e. The number of methoxy groups -OCH3 is 1. The van der Waals surface area contributed by atoms with Gasteiger partial charge >= 0.3 is 0 Å². The Morgan fingerprint density at radius 2 is 1.78 bits per heavy atom. The van der Waals surface area contributed by atoms with Crippen molar-refractivity contribution in [1.82, 2.24) is 9.97 Å². The molecule has 0 radical (unpaired) electrons. The highest BCUT2D eigenvalue weighted by Crippen LogP contribution is 2.36. The molecule has 0 fully saturated rings. The summed E-state index contributed by atoms with van der Waals surface area (Å²) in [7, 11) is -1.71. The number of hydrogen-bond donors (Lipinski definition) is 4. The number of halogens is 1. The van der Waals surface area contributed by atoms with Gasteiger partial charge in [0.15, 0.2) is 11.6 Å². The van der Waals surface area contributed by atoms with Crippen molar-refractivity contribution in [1.29, 1.82) is 0 Å². The molecule has 186 valence electrons. The third-order valence-corrected chi connectivity index (χ3v) is 6.19. The molecule has 1 atom stereocenters. The minimum absolute atomic E-state index is 0.0133. The number of hydrogen-bond acceptors (Lipinski definition) is 8. The van der Waals surface area contributed by atoms with Crippen LogP contribution < -0.4 is 25.4 Å². The zero-order valence-corrected chi connectivity index (χ0v) is 21.0. The number of carbonyl (C=O) groups excluding carboxylic acids is 1. The Bertz CT molecular complexity index is 1500. The van der Waals surface area contributed by atoms with Crippen LogP contribution in [0.2, 0.25) is 5.02 Å². The summed E-state index contributed by atoms with van der Waals surface area (Å²) in [5, 5.41) is 6.13. The summed E-state index contributed by atoms with van der Waals surface area (Å²) in [6, 6.07) is 17.6. The maximum atomic E-state index is 12.6. The molecule has 12 heteroatoms. The molecule has 0 aliphatic carbocycles. The SMILES string of the molecule is COc1ccc(Cl)c(Nc2nc3ccccc3nc2N(c2cccc(NC(=O)[C@H](C)N)c2)[SH](=O)=O)c1. The second kappa shape index (κ2) is 10.8. The molecule has 4 rings (SSSR count). The van der Waals surface area contributed by atoms with Crippen LogP contribution in [-0.4, -0.2) is 37.4 Å².